The molecule has 0 aliphatic carbocycles. The molecule has 1 amide bonds. The van der Waals surface area contributed by atoms with Crippen LogP contribution in [0.5, 0.6) is 0 Å². The van der Waals surface area contributed by atoms with Crippen molar-refractivity contribution in [3.05, 3.63) is 35.4 Å². The molecule has 0 bridgehead atoms. The van der Waals surface area contributed by atoms with Gasteiger partial charge in [0.05, 0.1) is 0 Å². The van der Waals surface area contributed by atoms with Crippen molar-refractivity contribution in [3.63, 3.8) is 0 Å². The number of amides is 1. The van der Waals surface area contributed by atoms with Gasteiger partial charge < -0.3 is 10.1 Å². The Morgan fingerprint density at radius 2 is 1.78 bits per heavy atom. The van der Waals surface area contributed by atoms with E-state index in [-0.39, 0.29) is 6.09 Å². The summed E-state index contributed by atoms with van der Waals surface area (Å²) in [6.45, 7) is 10.4. The first-order valence-electron chi connectivity index (χ1n) is 6.33. The Hall–Kier alpha value is -1.51. The third-order valence-corrected chi connectivity index (χ3v) is 2.48. The van der Waals surface area contributed by atoms with E-state index in [2.05, 4.69) is 31.3 Å². The zero-order valence-corrected chi connectivity index (χ0v) is 11.9. The normalized spacial score (nSPS) is 11.4. The van der Waals surface area contributed by atoms with Gasteiger partial charge in [-0.25, -0.2) is 4.79 Å². The van der Waals surface area contributed by atoms with E-state index in [0.29, 0.717) is 12.5 Å². The van der Waals surface area contributed by atoms with E-state index in [1.54, 1.807) is 0 Å². The van der Waals surface area contributed by atoms with Crippen LogP contribution in [-0.2, 0) is 11.3 Å². The second kappa shape index (κ2) is 5.89. The van der Waals surface area contributed by atoms with Crippen molar-refractivity contribution in [1.82, 2.24) is 5.32 Å². The van der Waals surface area contributed by atoms with Gasteiger partial charge in [-0.05, 0) is 37.8 Å². The number of alkyl carbamates (subject to hydrolysis) is 1. The first-order valence-corrected chi connectivity index (χ1v) is 6.33. The van der Waals surface area contributed by atoms with Gasteiger partial charge in [-0.15, -0.1) is 0 Å². The second-order valence-corrected chi connectivity index (χ2v) is 5.75. The molecule has 0 fully saturated rings. The van der Waals surface area contributed by atoms with E-state index in [9.17, 15) is 4.79 Å². The second-order valence-electron chi connectivity index (χ2n) is 5.75. The third-order valence-electron chi connectivity index (χ3n) is 2.48. The van der Waals surface area contributed by atoms with Gasteiger partial charge in [-0.1, -0.05) is 38.1 Å². The number of carbonyl (C=O) groups is 1. The summed E-state index contributed by atoms with van der Waals surface area (Å²) in [5.41, 5.74) is 1.92. The highest BCUT2D eigenvalue weighted by molar-refractivity contribution is 5.67. The molecule has 0 aliphatic rings. The molecular weight excluding hydrogens is 226 g/mol. The predicted octanol–water partition coefficient (Wildman–Crippen LogP) is 3.83. The molecule has 3 heteroatoms. The minimum atomic E-state index is -0.453. The van der Waals surface area contributed by atoms with Crippen LogP contribution in [0.4, 0.5) is 4.79 Å². The van der Waals surface area contributed by atoms with Gasteiger partial charge in [0, 0.05) is 6.54 Å². The molecular formula is C15H23NO2. The van der Waals surface area contributed by atoms with Crippen molar-refractivity contribution in [2.24, 2.45) is 0 Å². The third kappa shape index (κ3) is 5.21. The van der Waals surface area contributed by atoms with Crippen LogP contribution in [0.15, 0.2) is 24.3 Å². The number of hydrogen-bond donors (Lipinski definition) is 1. The lowest BCUT2D eigenvalue weighted by Crippen LogP contribution is -2.32. The van der Waals surface area contributed by atoms with Crippen molar-refractivity contribution >= 4 is 6.09 Å². The maximum Gasteiger partial charge on any atom is 0.407 e. The van der Waals surface area contributed by atoms with Crippen LogP contribution in [0.3, 0.4) is 0 Å². The summed E-state index contributed by atoms with van der Waals surface area (Å²) < 4.78 is 5.17. The van der Waals surface area contributed by atoms with Gasteiger partial charge >= 0.3 is 6.09 Å². The number of ether oxygens (including phenoxy) is 1. The molecule has 1 N–H and O–H groups in total. The van der Waals surface area contributed by atoms with Gasteiger partial charge in [0.1, 0.15) is 5.60 Å². The van der Waals surface area contributed by atoms with Crippen LogP contribution in [0.2, 0.25) is 0 Å². The first-order chi connectivity index (χ1) is 8.28. The topological polar surface area (TPSA) is 38.3 Å². The van der Waals surface area contributed by atoms with Crippen LogP contribution in [0, 0.1) is 0 Å². The average molecular weight is 249 g/mol. The Kier molecular flexibility index (Phi) is 4.76. The van der Waals surface area contributed by atoms with Crippen molar-refractivity contribution in [1.29, 1.82) is 0 Å². The Balaban J connectivity index is 2.46. The average Bonchev–Trinajstić information content (AvgIpc) is 2.24. The molecule has 1 aromatic rings. The molecule has 1 aromatic carbocycles. The molecule has 100 valence electrons. The number of benzene rings is 1. The summed E-state index contributed by atoms with van der Waals surface area (Å²) in [5, 5.41) is 2.74. The van der Waals surface area contributed by atoms with Crippen molar-refractivity contribution in [2.45, 2.75) is 52.7 Å². The van der Waals surface area contributed by atoms with Crippen LogP contribution in [0.25, 0.3) is 0 Å². The largest absolute Gasteiger partial charge is 0.444 e. The molecule has 0 spiro atoms. The minimum absolute atomic E-state index is 0.379. The zero-order chi connectivity index (χ0) is 13.8. The van der Waals surface area contributed by atoms with E-state index in [1.165, 1.54) is 5.56 Å². The van der Waals surface area contributed by atoms with Crippen molar-refractivity contribution in [2.75, 3.05) is 0 Å². The Labute approximate surface area is 110 Å². The lowest BCUT2D eigenvalue weighted by Gasteiger charge is -2.19. The van der Waals surface area contributed by atoms with Crippen LogP contribution >= 0.6 is 0 Å². The molecule has 0 saturated carbocycles. The highest BCUT2D eigenvalue weighted by Gasteiger charge is 2.15. The smallest absolute Gasteiger partial charge is 0.407 e. The van der Waals surface area contributed by atoms with E-state index in [4.69, 9.17) is 4.74 Å². The van der Waals surface area contributed by atoms with Gasteiger partial charge in [-0.2, -0.15) is 0 Å². The number of nitrogens with one attached hydrogen (secondary N) is 1. The summed E-state index contributed by atoms with van der Waals surface area (Å²) in [4.78, 5) is 11.5. The minimum Gasteiger partial charge on any atom is -0.444 e. The number of hydrogen-bond acceptors (Lipinski definition) is 2. The molecule has 0 aromatic heterocycles. The standard InChI is InChI=1S/C15H23NO2/c1-11(2)13-8-6-12(7-9-13)10-16-14(17)18-15(3,4)5/h6-9,11H,10H2,1-5H3,(H,16,17). The Bertz CT molecular complexity index is 388. The fraction of sp³-hybridized carbons (Fsp3) is 0.533. The van der Waals surface area contributed by atoms with Gasteiger partial charge in [-0.3, -0.25) is 0 Å². The lowest BCUT2D eigenvalue weighted by atomic mass is 10.0. The van der Waals surface area contributed by atoms with E-state index in [0.717, 1.165) is 5.56 Å². The van der Waals surface area contributed by atoms with E-state index in [1.807, 2.05) is 32.9 Å². The summed E-state index contributed by atoms with van der Waals surface area (Å²) in [5.74, 6) is 0.526. The lowest BCUT2D eigenvalue weighted by molar-refractivity contribution is 0.0523. The number of carbonyl (C=O) groups excluding carboxylic acids is 1. The Morgan fingerprint density at radius 1 is 1.22 bits per heavy atom. The molecule has 0 radical (unpaired) electrons. The zero-order valence-electron chi connectivity index (χ0n) is 11.9. The molecule has 0 saturated heterocycles. The number of rotatable bonds is 3. The van der Waals surface area contributed by atoms with E-state index >= 15 is 0 Å². The van der Waals surface area contributed by atoms with E-state index < -0.39 is 5.60 Å². The monoisotopic (exact) mass is 249 g/mol. The fourth-order valence-corrected chi connectivity index (χ4v) is 1.51. The molecule has 18 heavy (non-hydrogen) atoms. The quantitative estimate of drug-likeness (QED) is 0.884. The van der Waals surface area contributed by atoms with Gasteiger partial charge in [0.15, 0.2) is 0 Å². The highest BCUT2D eigenvalue weighted by Crippen LogP contribution is 2.14. The summed E-state index contributed by atoms with van der Waals surface area (Å²) in [6.07, 6.45) is -0.379. The Morgan fingerprint density at radius 3 is 2.22 bits per heavy atom. The SMILES string of the molecule is CC(C)c1ccc(CNC(=O)OC(C)(C)C)cc1. The predicted molar refractivity (Wildman–Crippen MR) is 73.6 cm³/mol. The summed E-state index contributed by atoms with van der Waals surface area (Å²) >= 11 is 0. The molecule has 0 unspecified atom stereocenters. The van der Waals surface area contributed by atoms with Crippen LogP contribution in [0.1, 0.15) is 51.7 Å². The van der Waals surface area contributed by atoms with Gasteiger partial charge in [0.2, 0.25) is 0 Å². The molecule has 3 nitrogen and oxygen atoms in total. The molecule has 0 heterocycles. The van der Waals surface area contributed by atoms with Crippen molar-refractivity contribution in [3.8, 4) is 0 Å². The molecule has 1 rings (SSSR count). The van der Waals surface area contributed by atoms with Crippen LogP contribution in [-0.4, -0.2) is 11.7 Å². The maximum atomic E-state index is 11.5. The first kappa shape index (κ1) is 14.6. The maximum absolute atomic E-state index is 11.5. The summed E-state index contributed by atoms with van der Waals surface area (Å²) in [6, 6.07) is 8.26. The molecule has 0 aliphatic heterocycles. The highest BCUT2D eigenvalue weighted by atomic mass is 16.6. The van der Waals surface area contributed by atoms with Crippen molar-refractivity contribution < 1.29 is 9.53 Å². The summed E-state index contributed by atoms with van der Waals surface area (Å²) in [7, 11) is 0. The van der Waals surface area contributed by atoms with Crippen LogP contribution < -0.4 is 5.32 Å². The molecule has 0 atom stereocenters. The van der Waals surface area contributed by atoms with Gasteiger partial charge in [0.25, 0.3) is 0 Å². The fourth-order valence-electron chi connectivity index (χ4n) is 1.51.